The predicted molar refractivity (Wildman–Crippen MR) is 115 cm³/mol. The summed E-state index contributed by atoms with van der Waals surface area (Å²) in [4.78, 5) is 30.0. The first-order valence-electron chi connectivity index (χ1n) is 10.2. The molecule has 0 radical (unpaired) electrons. The summed E-state index contributed by atoms with van der Waals surface area (Å²) in [6.45, 7) is 7.47. The van der Waals surface area contributed by atoms with E-state index in [2.05, 4.69) is 10.2 Å². The molecule has 2 heterocycles. The molecule has 2 atom stereocenters. The van der Waals surface area contributed by atoms with Gasteiger partial charge in [0.05, 0.1) is 0 Å². The van der Waals surface area contributed by atoms with Gasteiger partial charge < -0.3 is 15.1 Å². The first-order valence-corrected chi connectivity index (χ1v) is 11.6. The Morgan fingerprint density at radius 3 is 2.61 bits per heavy atom. The second kappa shape index (κ2) is 9.99. The maximum absolute atomic E-state index is 13.0. The third-order valence-corrected chi connectivity index (χ3v) is 7.05. The van der Waals surface area contributed by atoms with Crippen LogP contribution in [0.2, 0.25) is 5.02 Å². The highest BCUT2D eigenvalue weighted by molar-refractivity contribution is 7.99. The molecule has 0 unspecified atom stereocenters. The van der Waals surface area contributed by atoms with Gasteiger partial charge in [-0.3, -0.25) is 9.59 Å². The number of carbonyl (C=O) groups is 2. The molecule has 2 amide bonds. The zero-order valence-electron chi connectivity index (χ0n) is 16.7. The van der Waals surface area contributed by atoms with Crippen molar-refractivity contribution in [3.63, 3.8) is 0 Å². The number of benzene rings is 1. The van der Waals surface area contributed by atoms with Crippen molar-refractivity contribution in [2.45, 2.75) is 44.5 Å². The van der Waals surface area contributed by atoms with Crippen LogP contribution in [0.1, 0.15) is 44.0 Å². The molecule has 1 N–H and O–H groups in total. The van der Waals surface area contributed by atoms with E-state index >= 15 is 0 Å². The monoisotopic (exact) mass is 423 g/mol. The lowest BCUT2D eigenvalue weighted by atomic mass is 10.1. The Hall–Kier alpha value is -1.24. The number of piperidine rings is 1. The molecule has 2 aliphatic heterocycles. The Balaban J connectivity index is 1.67. The largest absolute Gasteiger partial charge is 0.353 e. The van der Waals surface area contributed by atoms with Crippen molar-refractivity contribution in [2.24, 2.45) is 5.92 Å². The summed E-state index contributed by atoms with van der Waals surface area (Å²) in [5, 5.41) is 3.47. The summed E-state index contributed by atoms with van der Waals surface area (Å²) in [5.74, 6) is 0.343. The highest BCUT2D eigenvalue weighted by Gasteiger charge is 2.43. The van der Waals surface area contributed by atoms with Crippen LogP contribution in [0.4, 0.5) is 0 Å². The topological polar surface area (TPSA) is 52.7 Å². The van der Waals surface area contributed by atoms with E-state index in [4.69, 9.17) is 11.6 Å². The van der Waals surface area contributed by atoms with Crippen LogP contribution in [0.5, 0.6) is 0 Å². The molecule has 2 saturated heterocycles. The smallest absolute Gasteiger partial charge is 0.243 e. The number of rotatable bonds is 6. The van der Waals surface area contributed by atoms with Gasteiger partial charge in [-0.15, -0.1) is 11.8 Å². The summed E-state index contributed by atoms with van der Waals surface area (Å²) in [6, 6.07) is 7.12. The molecule has 0 aromatic heterocycles. The van der Waals surface area contributed by atoms with Crippen LogP contribution >= 0.6 is 23.4 Å². The minimum absolute atomic E-state index is 0.00824. The molecule has 1 aromatic carbocycles. The lowest BCUT2D eigenvalue weighted by Crippen LogP contribution is -2.50. The lowest BCUT2D eigenvalue weighted by Gasteiger charge is -2.31. The molecule has 7 heteroatoms. The molecule has 3 rings (SSSR count). The molecule has 0 aliphatic carbocycles. The van der Waals surface area contributed by atoms with Gasteiger partial charge >= 0.3 is 0 Å². The van der Waals surface area contributed by atoms with Gasteiger partial charge in [0.1, 0.15) is 11.4 Å². The van der Waals surface area contributed by atoms with E-state index in [9.17, 15) is 9.59 Å². The molecule has 2 fully saturated rings. The summed E-state index contributed by atoms with van der Waals surface area (Å²) >= 11 is 8.00. The standard InChI is InChI=1S/C21H30ClN3O2S/c1-15(2)20(27)25-18(14-28-21(25)16-8-4-5-9-17(16)22)19(26)23-10-13-24-11-6-3-7-12-24/h4-5,8-9,15,18,21H,3,6-7,10-14H2,1-2H3,(H,23,26)/t18-,21-/m0/s1. The van der Waals surface area contributed by atoms with Gasteiger partial charge in [-0.1, -0.05) is 50.1 Å². The Morgan fingerprint density at radius 2 is 1.93 bits per heavy atom. The Kier molecular flexibility index (Phi) is 7.66. The van der Waals surface area contributed by atoms with Crippen molar-refractivity contribution in [2.75, 3.05) is 31.9 Å². The highest BCUT2D eigenvalue weighted by Crippen LogP contribution is 2.44. The number of carbonyl (C=O) groups excluding carboxylic acids is 2. The fourth-order valence-electron chi connectivity index (χ4n) is 3.83. The van der Waals surface area contributed by atoms with Crippen molar-refractivity contribution in [3.05, 3.63) is 34.9 Å². The molecule has 0 spiro atoms. The molecular formula is C21H30ClN3O2S. The second-order valence-corrected chi connectivity index (χ2v) is 9.34. The van der Waals surface area contributed by atoms with Crippen LogP contribution in [0.3, 0.4) is 0 Å². The maximum Gasteiger partial charge on any atom is 0.243 e. The number of hydrogen-bond acceptors (Lipinski definition) is 4. The van der Waals surface area contributed by atoms with E-state index in [1.165, 1.54) is 19.3 Å². The normalized spacial score (nSPS) is 23.2. The number of hydrogen-bond donors (Lipinski definition) is 1. The molecular weight excluding hydrogens is 394 g/mol. The summed E-state index contributed by atoms with van der Waals surface area (Å²) in [5.41, 5.74) is 0.895. The van der Waals surface area contributed by atoms with Crippen LogP contribution in [0.15, 0.2) is 24.3 Å². The van der Waals surface area contributed by atoms with Crippen molar-refractivity contribution < 1.29 is 9.59 Å². The summed E-state index contributed by atoms with van der Waals surface area (Å²) < 4.78 is 0. The van der Waals surface area contributed by atoms with Crippen molar-refractivity contribution in [1.82, 2.24) is 15.1 Å². The quantitative estimate of drug-likeness (QED) is 0.760. The van der Waals surface area contributed by atoms with Gasteiger partial charge in [-0.05, 0) is 32.0 Å². The van der Waals surface area contributed by atoms with Crippen molar-refractivity contribution >= 4 is 35.2 Å². The van der Waals surface area contributed by atoms with Gasteiger partial charge in [0, 0.05) is 35.3 Å². The molecule has 2 aliphatic rings. The first-order chi connectivity index (χ1) is 13.5. The number of amides is 2. The van der Waals surface area contributed by atoms with Gasteiger partial charge in [-0.2, -0.15) is 0 Å². The van der Waals surface area contributed by atoms with E-state index < -0.39 is 6.04 Å². The average molecular weight is 424 g/mol. The molecule has 5 nitrogen and oxygen atoms in total. The number of nitrogens with zero attached hydrogens (tertiary/aromatic N) is 2. The van der Waals surface area contributed by atoms with E-state index in [0.717, 1.165) is 25.2 Å². The number of thioether (sulfide) groups is 1. The van der Waals surface area contributed by atoms with Gasteiger partial charge in [0.2, 0.25) is 11.8 Å². The zero-order chi connectivity index (χ0) is 20.1. The predicted octanol–water partition coefficient (Wildman–Crippen LogP) is 3.54. The van der Waals surface area contributed by atoms with E-state index in [1.807, 2.05) is 38.1 Å². The SMILES string of the molecule is CC(C)C(=O)N1[C@H](C(=O)NCCN2CCCCC2)CS[C@H]1c1ccccc1Cl. The maximum atomic E-state index is 13.0. The van der Waals surface area contributed by atoms with Crippen LogP contribution in [-0.4, -0.2) is 59.6 Å². The molecule has 0 bridgehead atoms. The van der Waals surface area contributed by atoms with E-state index in [0.29, 0.717) is 17.3 Å². The van der Waals surface area contributed by atoms with Crippen LogP contribution < -0.4 is 5.32 Å². The van der Waals surface area contributed by atoms with Gasteiger partial charge in [-0.25, -0.2) is 0 Å². The molecule has 1 aromatic rings. The minimum atomic E-state index is -0.456. The van der Waals surface area contributed by atoms with E-state index in [-0.39, 0.29) is 23.1 Å². The Labute approximate surface area is 177 Å². The second-order valence-electron chi connectivity index (χ2n) is 7.82. The van der Waals surface area contributed by atoms with E-state index in [1.54, 1.807) is 16.7 Å². The summed E-state index contributed by atoms with van der Waals surface area (Å²) in [6.07, 6.45) is 3.78. The number of halogens is 1. The average Bonchev–Trinajstić information content (AvgIpc) is 3.13. The van der Waals surface area contributed by atoms with Gasteiger partial charge in [0.15, 0.2) is 0 Å². The number of likely N-dealkylation sites (tertiary alicyclic amines) is 1. The minimum Gasteiger partial charge on any atom is -0.353 e. The summed E-state index contributed by atoms with van der Waals surface area (Å²) in [7, 11) is 0. The fraction of sp³-hybridized carbons (Fsp3) is 0.619. The molecule has 154 valence electrons. The zero-order valence-corrected chi connectivity index (χ0v) is 18.3. The van der Waals surface area contributed by atoms with Crippen LogP contribution in [0.25, 0.3) is 0 Å². The third kappa shape index (κ3) is 5.02. The Bertz CT molecular complexity index is 694. The van der Waals surface area contributed by atoms with Crippen molar-refractivity contribution in [3.8, 4) is 0 Å². The first kappa shape index (κ1) is 21.5. The lowest BCUT2D eigenvalue weighted by molar-refractivity contribution is -0.142. The van der Waals surface area contributed by atoms with Crippen molar-refractivity contribution in [1.29, 1.82) is 0 Å². The van der Waals surface area contributed by atoms with Crippen LogP contribution in [0, 0.1) is 5.92 Å². The van der Waals surface area contributed by atoms with Gasteiger partial charge in [0.25, 0.3) is 0 Å². The molecule has 0 saturated carbocycles. The molecule has 28 heavy (non-hydrogen) atoms. The number of nitrogens with one attached hydrogen (secondary N) is 1. The van der Waals surface area contributed by atoms with Crippen LogP contribution in [-0.2, 0) is 9.59 Å². The Morgan fingerprint density at radius 1 is 1.21 bits per heavy atom. The third-order valence-electron chi connectivity index (χ3n) is 5.40. The highest BCUT2D eigenvalue weighted by atomic mass is 35.5. The fourth-order valence-corrected chi connectivity index (χ4v) is 5.61.